The number of phenolic OH excluding ortho intramolecular Hbond substituents is 1. The summed E-state index contributed by atoms with van der Waals surface area (Å²) in [5.74, 6) is -0.219. The highest BCUT2D eigenvalue weighted by Gasteiger charge is 2.12. The molecule has 3 aromatic rings. The van der Waals surface area contributed by atoms with Crippen molar-refractivity contribution in [2.75, 3.05) is 6.26 Å². The molecule has 1 aromatic heterocycles. The molecule has 1 atom stereocenters. The fourth-order valence-electron chi connectivity index (χ4n) is 2.29. The Kier molecular flexibility index (Phi) is 3.00. The number of phenols is 1. The Morgan fingerprint density at radius 3 is 2.67 bits per heavy atom. The predicted octanol–water partition coefficient (Wildman–Crippen LogP) is 2.00. The first-order chi connectivity index (χ1) is 10.0. The zero-order valence-corrected chi connectivity index (χ0v) is 11.8. The fourth-order valence-corrected chi connectivity index (χ4v) is 2.86. The average Bonchev–Trinajstić information content (AvgIpc) is 2.46. The predicted molar refractivity (Wildman–Crippen MR) is 80.8 cm³/mol. The van der Waals surface area contributed by atoms with Crippen LogP contribution in [0, 0.1) is 11.3 Å². The van der Waals surface area contributed by atoms with Crippen LogP contribution in [0.25, 0.3) is 21.8 Å². The van der Waals surface area contributed by atoms with Gasteiger partial charge >= 0.3 is 0 Å². The summed E-state index contributed by atoms with van der Waals surface area (Å²) < 4.78 is 11.5. The van der Waals surface area contributed by atoms with Gasteiger partial charge in [0.05, 0.1) is 22.5 Å². The van der Waals surface area contributed by atoms with E-state index in [2.05, 4.69) is 4.98 Å². The standard InChI is InChI=1S/C15H10N2O3S/c1-21(20)9-5-12-14(13(18)6-9)15(19)10-4-8(7-16)2-3-11(10)17-12/h2-6,18H,1H3,(H,17,19). The molecular weight excluding hydrogens is 288 g/mol. The van der Waals surface area contributed by atoms with Crippen molar-refractivity contribution in [1.29, 1.82) is 5.26 Å². The van der Waals surface area contributed by atoms with E-state index in [1.165, 1.54) is 18.4 Å². The third kappa shape index (κ3) is 2.08. The number of fused-ring (bicyclic) bond motifs is 2. The third-order valence-corrected chi connectivity index (χ3v) is 4.21. The van der Waals surface area contributed by atoms with Crippen molar-refractivity contribution >= 4 is 32.6 Å². The fraction of sp³-hybridized carbons (Fsp3) is 0.0667. The van der Waals surface area contributed by atoms with Crippen molar-refractivity contribution in [1.82, 2.24) is 4.98 Å². The molecule has 5 nitrogen and oxygen atoms in total. The third-order valence-electron chi connectivity index (χ3n) is 3.31. The number of rotatable bonds is 1. The number of hydrogen-bond donors (Lipinski definition) is 2. The number of benzene rings is 2. The van der Waals surface area contributed by atoms with Gasteiger partial charge in [-0.25, -0.2) is 0 Å². The van der Waals surface area contributed by atoms with E-state index in [-0.39, 0.29) is 16.6 Å². The summed E-state index contributed by atoms with van der Waals surface area (Å²) in [6.07, 6.45) is 1.50. The first-order valence-corrected chi connectivity index (χ1v) is 7.63. The Labute approximate surface area is 121 Å². The summed E-state index contributed by atoms with van der Waals surface area (Å²) in [6, 6.07) is 9.62. The Hall–Kier alpha value is -2.65. The van der Waals surface area contributed by atoms with Gasteiger partial charge in [0.1, 0.15) is 5.75 Å². The number of aromatic hydroxyl groups is 1. The van der Waals surface area contributed by atoms with E-state index in [0.717, 1.165) is 0 Å². The highest BCUT2D eigenvalue weighted by atomic mass is 32.2. The minimum atomic E-state index is -1.27. The van der Waals surface area contributed by atoms with Crippen molar-refractivity contribution in [3.8, 4) is 11.8 Å². The van der Waals surface area contributed by atoms with Crippen molar-refractivity contribution in [2.24, 2.45) is 0 Å². The Morgan fingerprint density at radius 1 is 1.24 bits per heavy atom. The van der Waals surface area contributed by atoms with E-state index in [4.69, 9.17) is 5.26 Å². The Bertz CT molecular complexity index is 1020. The van der Waals surface area contributed by atoms with E-state index < -0.39 is 10.8 Å². The van der Waals surface area contributed by atoms with Crippen LogP contribution in [0.15, 0.2) is 40.0 Å². The summed E-state index contributed by atoms with van der Waals surface area (Å²) in [5, 5.41) is 19.4. The van der Waals surface area contributed by atoms with Gasteiger partial charge in [-0.15, -0.1) is 0 Å². The number of hydrogen-bond acceptors (Lipinski definition) is 4. The van der Waals surface area contributed by atoms with Crippen LogP contribution in [0.4, 0.5) is 0 Å². The molecule has 0 fully saturated rings. The maximum atomic E-state index is 12.5. The molecule has 3 rings (SSSR count). The van der Waals surface area contributed by atoms with Crippen LogP contribution >= 0.6 is 0 Å². The highest BCUT2D eigenvalue weighted by molar-refractivity contribution is 7.84. The molecule has 2 aromatic carbocycles. The van der Waals surface area contributed by atoms with Crippen LogP contribution in [0.5, 0.6) is 5.75 Å². The summed E-state index contributed by atoms with van der Waals surface area (Å²) in [4.78, 5) is 16.0. The Morgan fingerprint density at radius 2 is 2.00 bits per heavy atom. The average molecular weight is 298 g/mol. The SMILES string of the molecule is CS(=O)c1cc(O)c2c(=O)c3cc(C#N)ccc3[nH]c2c1. The molecular formula is C15H10N2O3S. The molecule has 6 heteroatoms. The van der Waals surface area contributed by atoms with Crippen molar-refractivity contribution in [3.05, 3.63) is 46.1 Å². The summed E-state index contributed by atoms with van der Waals surface area (Å²) >= 11 is 0. The first-order valence-electron chi connectivity index (χ1n) is 6.07. The molecule has 0 bridgehead atoms. The van der Waals surface area contributed by atoms with E-state index >= 15 is 0 Å². The second-order valence-electron chi connectivity index (χ2n) is 4.65. The van der Waals surface area contributed by atoms with Crippen LogP contribution in [0.1, 0.15) is 5.56 Å². The molecule has 104 valence electrons. The normalized spacial score (nSPS) is 12.4. The van der Waals surface area contributed by atoms with Gasteiger partial charge in [0.25, 0.3) is 0 Å². The Balaban J connectivity index is 2.51. The topological polar surface area (TPSA) is 93.9 Å². The minimum absolute atomic E-state index is 0.131. The lowest BCUT2D eigenvalue weighted by Gasteiger charge is -2.06. The van der Waals surface area contributed by atoms with E-state index in [1.807, 2.05) is 6.07 Å². The van der Waals surface area contributed by atoms with Crippen LogP contribution in [-0.2, 0) is 10.8 Å². The number of aromatic amines is 1. The lowest BCUT2D eigenvalue weighted by atomic mass is 10.1. The lowest BCUT2D eigenvalue weighted by molar-refractivity contribution is 0.480. The van der Waals surface area contributed by atoms with Gasteiger partial charge in [0.15, 0.2) is 0 Å². The largest absolute Gasteiger partial charge is 0.507 e. The second kappa shape index (κ2) is 4.72. The second-order valence-corrected chi connectivity index (χ2v) is 6.03. The van der Waals surface area contributed by atoms with Gasteiger partial charge in [-0.1, -0.05) is 0 Å². The van der Waals surface area contributed by atoms with Gasteiger partial charge in [-0.3, -0.25) is 9.00 Å². The quantitative estimate of drug-likeness (QED) is 0.672. The molecule has 0 aliphatic carbocycles. The van der Waals surface area contributed by atoms with Crippen molar-refractivity contribution in [3.63, 3.8) is 0 Å². The zero-order valence-electron chi connectivity index (χ0n) is 11.0. The smallest absolute Gasteiger partial charge is 0.200 e. The minimum Gasteiger partial charge on any atom is -0.507 e. The molecule has 21 heavy (non-hydrogen) atoms. The number of nitrogens with zero attached hydrogens (tertiary/aromatic N) is 1. The lowest BCUT2D eigenvalue weighted by Crippen LogP contribution is -2.05. The zero-order chi connectivity index (χ0) is 15.1. The number of aromatic nitrogens is 1. The van der Waals surface area contributed by atoms with E-state index in [0.29, 0.717) is 26.9 Å². The maximum absolute atomic E-state index is 12.5. The summed E-state index contributed by atoms with van der Waals surface area (Å²) in [5.41, 5.74) is 0.993. The monoisotopic (exact) mass is 298 g/mol. The maximum Gasteiger partial charge on any atom is 0.200 e. The molecule has 0 aliphatic heterocycles. The summed E-state index contributed by atoms with van der Waals surface area (Å²) in [6.45, 7) is 0. The molecule has 2 N–H and O–H groups in total. The first kappa shape index (κ1) is 13.3. The number of nitriles is 1. The van der Waals surface area contributed by atoms with Gasteiger partial charge in [-0.2, -0.15) is 5.26 Å². The van der Waals surface area contributed by atoms with Gasteiger partial charge in [-0.05, 0) is 30.3 Å². The van der Waals surface area contributed by atoms with Gasteiger partial charge < -0.3 is 10.1 Å². The summed E-state index contributed by atoms with van der Waals surface area (Å²) in [7, 11) is -1.27. The molecule has 0 saturated carbocycles. The van der Waals surface area contributed by atoms with Crippen LogP contribution in [-0.4, -0.2) is 20.6 Å². The molecule has 0 aliphatic rings. The molecule has 0 radical (unpaired) electrons. The van der Waals surface area contributed by atoms with Crippen LogP contribution in [0.3, 0.4) is 0 Å². The van der Waals surface area contributed by atoms with Crippen LogP contribution in [0.2, 0.25) is 0 Å². The molecule has 0 amide bonds. The molecule has 0 saturated heterocycles. The van der Waals surface area contributed by atoms with E-state index in [9.17, 15) is 14.1 Å². The van der Waals surface area contributed by atoms with E-state index in [1.54, 1.807) is 18.2 Å². The van der Waals surface area contributed by atoms with Crippen molar-refractivity contribution < 1.29 is 9.32 Å². The molecule has 1 heterocycles. The van der Waals surface area contributed by atoms with Crippen LogP contribution < -0.4 is 5.43 Å². The van der Waals surface area contributed by atoms with Crippen molar-refractivity contribution in [2.45, 2.75) is 4.90 Å². The molecule has 0 spiro atoms. The number of nitrogens with one attached hydrogen (secondary N) is 1. The highest BCUT2D eigenvalue weighted by Crippen LogP contribution is 2.26. The number of pyridine rings is 1. The van der Waals surface area contributed by atoms with Gasteiger partial charge in [0, 0.05) is 32.9 Å². The van der Waals surface area contributed by atoms with Gasteiger partial charge in [0.2, 0.25) is 5.43 Å². The molecule has 1 unspecified atom stereocenters. The number of H-pyrrole nitrogens is 1.